The first-order valence-corrected chi connectivity index (χ1v) is 6.15. The minimum absolute atomic E-state index is 0. The van der Waals surface area contributed by atoms with Crippen LogP contribution in [0.4, 0.5) is 8.78 Å². The van der Waals surface area contributed by atoms with Gasteiger partial charge in [-0.05, 0) is 31.2 Å². The van der Waals surface area contributed by atoms with Crippen LogP contribution < -0.4 is 20.5 Å². The van der Waals surface area contributed by atoms with E-state index in [0.717, 1.165) is 0 Å². The Hall–Kier alpha value is -1.60. The van der Waals surface area contributed by atoms with Crippen LogP contribution in [0.15, 0.2) is 18.2 Å². The molecule has 21 heavy (non-hydrogen) atoms. The molecule has 0 aromatic heterocycles. The molecule has 3 N–H and O–H groups in total. The zero-order valence-electron chi connectivity index (χ0n) is 11.6. The monoisotopic (exact) mass is 324 g/mol. The van der Waals surface area contributed by atoms with Crippen LogP contribution in [0.1, 0.15) is 18.4 Å². The number of methoxy groups -OCH3 is 1. The molecule has 1 aromatic carbocycles. The normalized spacial score (nSPS) is 9.95. The zero-order chi connectivity index (χ0) is 15.0. The maximum absolute atomic E-state index is 12.3. The second kappa shape index (κ2) is 10.2. The highest BCUT2D eigenvalue weighted by molar-refractivity contribution is 5.85. The van der Waals surface area contributed by atoms with E-state index in [1.54, 1.807) is 6.07 Å². The van der Waals surface area contributed by atoms with Gasteiger partial charge in [0.05, 0.1) is 7.11 Å². The van der Waals surface area contributed by atoms with Gasteiger partial charge in [-0.15, -0.1) is 12.4 Å². The molecule has 0 unspecified atom stereocenters. The SMILES string of the molecule is COc1ccc(OC(F)F)c(CNC(=O)CCCN)c1.Cl. The summed E-state index contributed by atoms with van der Waals surface area (Å²) < 4.78 is 34.0. The van der Waals surface area contributed by atoms with Gasteiger partial charge in [-0.1, -0.05) is 0 Å². The van der Waals surface area contributed by atoms with Crippen molar-refractivity contribution in [1.82, 2.24) is 5.32 Å². The van der Waals surface area contributed by atoms with Crippen molar-refractivity contribution in [3.8, 4) is 11.5 Å². The van der Waals surface area contributed by atoms with Gasteiger partial charge in [0, 0.05) is 18.5 Å². The van der Waals surface area contributed by atoms with Crippen molar-refractivity contribution in [3.05, 3.63) is 23.8 Å². The number of carbonyl (C=O) groups excluding carboxylic acids is 1. The summed E-state index contributed by atoms with van der Waals surface area (Å²) in [7, 11) is 1.46. The summed E-state index contributed by atoms with van der Waals surface area (Å²) in [5, 5.41) is 2.62. The molecule has 0 aliphatic heterocycles. The molecule has 1 aromatic rings. The molecular weight excluding hydrogens is 306 g/mol. The Bertz CT molecular complexity index is 447. The largest absolute Gasteiger partial charge is 0.497 e. The van der Waals surface area contributed by atoms with Crippen LogP contribution in [-0.2, 0) is 11.3 Å². The number of rotatable bonds is 8. The quantitative estimate of drug-likeness (QED) is 0.768. The second-order valence-corrected chi connectivity index (χ2v) is 4.02. The molecule has 120 valence electrons. The molecule has 1 rings (SSSR count). The maximum atomic E-state index is 12.3. The predicted octanol–water partition coefficient (Wildman–Crippen LogP) is 2.07. The third-order valence-electron chi connectivity index (χ3n) is 2.57. The predicted molar refractivity (Wildman–Crippen MR) is 77.0 cm³/mol. The molecule has 0 aliphatic carbocycles. The van der Waals surface area contributed by atoms with Gasteiger partial charge in [0.2, 0.25) is 5.91 Å². The van der Waals surface area contributed by atoms with E-state index in [1.807, 2.05) is 0 Å². The van der Waals surface area contributed by atoms with E-state index in [1.165, 1.54) is 19.2 Å². The van der Waals surface area contributed by atoms with E-state index in [2.05, 4.69) is 10.1 Å². The standard InChI is InChI=1S/C13H18F2N2O3.ClH/c1-19-10-4-5-11(20-13(14)15)9(7-10)8-17-12(18)3-2-6-16;/h4-5,7,13H,2-3,6,8,16H2,1H3,(H,17,18);1H. The van der Waals surface area contributed by atoms with Gasteiger partial charge >= 0.3 is 6.61 Å². The number of hydrogen-bond donors (Lipinski definition) is 2. The Morgan fingerprint density at radius 1 is 1.43 bits per heavy atom. The lowest BCUT2D eigenvalue weighted by Gasteiger charge is -2.13. The lowest BCUT2D eigenvalue weighted by Crippen LogP contribution is -2.23. The smallest absolute Gasteiger partial charge is 0.387 e. The lowest BCUT2D eigenvalue weighted by molar-refractivity contribution is -0.121. The topological polar surface area (TPSA) is 73.6 Å². The van der Waals surface area contributed by atoms with Crippen LogP contribution in [0.2, 0.25) is 0 Å². The van der Waals surface area contributed by atoms with Crippen LogP contribution >= 0.6 is 12.4 Å². The van der Waals surface area contributed by atoms with Gasteiger partial charge in [-0.25, -0.2) is 0 Å². The molecule has 0 atom stereocenters. The fourth-order valence-electron chi connectivity index (χ4n) is 1.58. The highest BCUT2D eigenvalue weighted by Crippen LogP contribution is 2.25. The Morgan fingerprint density at radius 3 is 2.71 bits per heavy atom. The fourth-order valence-corrected chi connectivity index (χ4v) is 1.58. The first-order chi connectivity index (χ1) is 9.56. The summed E-state index contributed by atoms with van der Waals surface area (Å²) in [4.78, 5) is 11.5. The summed E-state index contributed by atoms with van der Waals surface area (Å²) >= 11 is 0. The number of alkyl halides is 2. The number of ether oxygens (including phenoxy) is 2. The second-order valence-electron chi connectivity index (χ2n) is 4.02. The molecule has 0 fully saturated rings. The number of hydrogen-bond acceptors (Lipinski definition) is 4. The number of amides is 1. The van der Waals surface area contributed by atoms with Crippen molar-refractivity contribution in [3.63, 3.8) is 0 Å². The van der Waals surface area contributed by atoms with Crippen LogP contribution in [0.3, 0.4) is 0 Å². The molecule has 0 radical (unpaired) electrons. The van der Waals surface area contributed by atoms with Gasteiger partial charge in [-0.2, -0.15) is 8.78 Å². The fraction of sp³-hybridized carbons (Fsp3) is 0.462. The first kappa shape index (κ1) is 19.4. The van der Waals surface area contributed by atoms with Crippen LogP contribution in [-0.4, -0.2) is 26.2 Å². The Labute approximate surface area is 128 Å². The van der Waals surface area contributed by atoms with Gasteiger partial charge in [0.1, 0.15) is 11.5 Å². The van der Waals surface area contributed by atoms with Crippen molar-refractivity contribution in [2.45, 2.75) is 26.0 Å². The Balaban J connectivity index is 0.00000400. The number of benzene rings is 1. The molecule has 0 heterocycles. The first-order valence-electron chi connectivity index (χ1n) is 6.15. The lowest BCUT2D eigenvalue weighted by atomic mass is 10.2. The molecule has 0 saturated carbocycles. The number of halogens is 3. The van der Waals surface area contributed by atoms with Crippen molar-refractivity contribution in [2.24, 2.45) is 5.73 Å². The van der Waals surface area contributed by atoms with Gasteiger partial charge in [0.25, 0.3) is 0 Å². The van der Waals surface area contributed by atoms with Crippen molar-refractivity contribution >= 4 is 18.3 Å². The van der Waals surface area contributed by atoms with E-state index < -0.39 is 6.61 Å². The average Bonchev–Trinajstić information content (AvgIpc) is 2.43. The molecule has 1 amide bonds. The minimum Gasteiger partial charge on any atom is -0.497 e. The van der Waals surface area contributed by atoms with Gasteiger partial charge in [0.15, 0.2) is 0 Å². The summed E-state index contributed by atoms with van der Waals surface area (Å²) in [6.07, 6.45) is 0.871. The third-order valence-corrected chi connectivity index (χ3v) is 2.57. The molecule has 0 bridgehead atoms. The van der Waals surface area contributed by atoms with E-state index >= 15 is 0 Å². The molecule has 0 saturated heterocycles. The van der Waals surface area contributed by atoms with E-state index in [0.29, 0.717) is 30.7 Å². The summed E-state index contributed by atoms with van der Waals surface area (Å²) in [5.41, 5.74) is 5.72. The number of carbonyl (C=O) groups is 1. The van der Waals surface area contributed by atoms with Gasteiger partial charge in [-0.3, -0.25) is 4.79 Å². The van der Waals surface area contributed by atoms with Crippen LogP contribution in [0.25, 0.3) is 0 Å². The molecule has 0 aliphatic rings. The van der Waals surface area contributed by atoms with E-state index in [-0.39, 0.29) is 30.6 Å². The molecule has 8 heteroatoms. The Morgan fingerprint density at radius 2 is 2.14 bits per heavy atom. The Kier molecular flexibility index (Phi) is 9.40. The van der Waals surface area contributed by atoms with Crippen molar-refractivity contribution in [1.29, 1.82) is 0 Å². The highest BCUT2D eigenvalue weighted by Gasteiger charge is 2.11. The van der Waals surface area contributed by atoms with Crippen LogP contribution in [0.5, 0.6) is 11.5 Å². The van der Waals surface area contributed by atoms with E-state index in [9.17, 15) is 13.6 Å². The summed E-state index contributed by atoms with van der Waals surface area (Å²) in [6, 6.07) is 4.44. The third kappa shape index (κ3) is 7.10. The summed E-state index contributed by atoms with van der Waals surface area (Å²) in [6.45, 7) is -2.41. The zero-order valence-corrected chi connectivity index (χ0v) is 12.4. The highest BCUT2D eigenvalue weighted by atomic mass is 35.5. The minimum atomic E-state index is -2.92. The number of nitrogens with two attached hydrogens (primary N) is 1. The number of nitrogens with one attached hydrogen (secondary N) is 1. The van der Waals surface area contributed by atoms with Crippen LogP contribution in [0, 0.1) is 0 Å². The van der Waals surface area contributed by atoms with Crippen molar-refractivity contribution < 1.29 is 23.0 Å². The maximum Gasteiger partial charge on any atom is 0.387 e. The average molecular weight is 325 g/mol. The summed E-state index contributed by atoms with van der Waals surface area (Å²) in [5.74, 6) is 0.319. The molecule has 5 nitrogen and oxygen atoms in total. The van der Waals surface area contributed by atoms with E-state index in [4.69, 9.17) is 10.5 Å². The van der Waals surface area contributed by atoms with Gasteiger partial charge < -0.3 is 20.5 Å². The van der Waals surface area contributed by atoms with Crippen molar-refractivity contribution in [2.75, 3.05) is 13.7 Å². The molecular formula is C13H19ClF2N2O3. The molecule has 0 spiro atoms.